The molecule has 0 radical (unpaired) electrons. The zero-order valence-electron chi connectivity index (χ0n) is 38.8. The zero-order chi connectivity index (χ0) is 45.3. The Labute approximate surface area is 393 Å². The van der Waals surface area contributed by atoms with Gasteiger partial charge in [0.05, 0.1) is 45.5 Å². The molecule has 3 aliphatic rings. The van der Waals surface area contributed by atoms with Gasteiger partial charge >= 0.3 is 0 Å². The van der Waals surface area contributed by atoms with Gasteiger partial charge in [-0.05, 0) is 170 Å². The first-order valence-electron chi connectivity index (χ1n) is 23.5. The molecule has 2 aliphatic heterocycles. The lowest BCUT2D eigenvalue weighted by Gasteiger charge is -2.39. The molecule has 4 heteroatoms. The normalized spacial score (nSPS) is 14.1. The maximum atomic E-state index is 2.51. The maximum Gasteiger partial charge on any atom is 0.0699 e. The molecule has 2 heterocycles. The Kier molecular flexibility index (Phi) is 8.48. The van der Waals surface area contributed by atoms with Crippen LogP contribution in [0.5, 0.6) is 0 Å². The number of anilines is 10. The van der Waals surface area contributed by atoms with Crippen LogP contribution in [-0.4, -0.2) is 14.1 Å². The Hall–Kier alpha value is -8.08. The van der Waals surface area contributed by atoms with E-state index in [-0.39, 0.29) is 5.41 Å². The number of aryl methyl sites for hydroxylation is 2. The molecule has 0 fully saturated rings. The average molecular weight is 863 g/mol. The molecule has 1 aliphatic carbocycles. The smallest absolute Gasteiger partial charge is 0.0699 e. The van der Waals surface area contributed by atoms with Gasteiger partial charge < -0.3 is 19.6 Å². The van der Waals surface area contributed by atoms with Crippen molar-refractivity contribution in [2.24, 2.45) is 0 Å². The molecule has 0 saturated carbocycles. The quantitative estimate of drug-likeness (QED) is 0.163. The van der Waals surface area contributed by atoms with Crippen molar-refractivity contribution in [2.75, 3.05) is 33.7 Å². The third-order valence-corrected chi connectivity index (χ3v) is 15.2. The topological polar surface area (TPSA) is 13.0 Å². The highest BCUT2D eigenvalue weighted by atomic mass is 15.3. The SMILES string of the molecule is Cc1ccc(-c2c3ccc(N4c5ccccc5N(C)c5ccccc54)cc3c(-c3ccc4c(c3)C(C)(C)c3ccccc3-4)c3ccc(N4c5ccccc5N(C)c5ccccc54)cc23)cc1C. The summed E-state index contributed by atoms with van der Waals surface area (Å²) in [5, 5.41) is 4.90. The highest BCUT2D eigenvalue weighted by molar-refractivity contribution is 6.23. The molecular formula is C63H50N4. The molecule has 13 rings (SSSR count). The summed E-state index contributed by atoms with van der Waals surface area (Å²) in [4.78, 5) is 9.55. The molecule has 4 nitrogen and oxygen atoms in total. The van der Waals surface area contributed by atoms with Crippen LogP contribution in [0, 0.1) is 13.8 Å². The van der Waals surface area contributed by atoms with Gasteiger partial charge in [0, 0.05) is 30.9 Å². The van der Waals surface area contributed by atoms with Gasteiger partial charge in [0.25, 0.3) is 0 Å². The molecule has 0 saturated heterocycles. The van der Waals surface area contributed by atoms with Crippen molar-refractivity contribution in [1.82, 2.24) is 0 Å². The standard InChI is InChI=1S/C63H50N4/c1-39-27-28-41(35-40(39)2)61-47-33-30-44(67-59-25-15-11-21-55(59)65(6)56-22-12-16-26-60(56)67)38-50(47)62(42-29-32-46-45-17-7-8-18-51(45)63(3,4)52(46)36-42)48-34-31-43(37-49(48)61)66-57-23-13-9-19-53(57)64(5)54-20-10-14-24-58(54)66/h7-38H,1-6H3. The number of hydrogen-bond acceptors (Lipinski definition) is 4. The summed E-state index contributed by atoms with van der Waals surface area (Å²) in [5.41, 5.74) is 24.4. The van der Waals surface area contributed by atoms with E-state index >= 15 is 0 Å². The molecule has 0 N–H and O–H groups in total. The molecule has 10 aromatic carbocycles. The third-order valence-electron chi connectivity index (χ3n) is 15.2. The van der Waals surface area contributed by atoms with E-state index < -0.39 is 0 Å². The largest absolute Gasteiger partial charge is 0.341 e. The first-order chi connectivity index (χ1) is 32.7. The number of nitrogens with zero attached hydrogens (tertiary/aromatic N) is 4. The van der Waals surface area contributed by atoms with Crippen LogP contribution >= 0.6 is 0 Å². The molecule has 0 spiro atoms. The van der Waals surface area contributed by atoms with Crippen molar-refractivity contribution in [3.05, 3.63) is 216 Å². The van der Waals surface area contributed by atoms with Crippen molar-refractivity contribution in [3.63, 3.8) is 0 Å². The summed E-state index contributed by atoms with van der Waals surface area (Å²) in [6, 6.07) is 72.8. The first kappa shape index (κ1) is 39.3. The molecule has 322 valence electrons. The Morgan fingerprint density at radius 2 is 0.731 bits per heavy atom. The lowest BCUT2D eigenvalue weighted by molar-refractivity contribution is 0.660. The molecule has 0 aromatic heterocycles. The Bertz CT molecular complexity index is 3620. The van der Waals surface area contributed by atoms with E-state index in [0.717, 1.165) is 34.1 Å². The second-order valence-electron chi connectivity index (χ2n) is 19.2. The fourth-order valence-corrected chi connectivity index (χ4v) is 11.7. The molecule has 10 aromatic rings. The number of hydrogen-bond donors (Lipinski definition) is 0. The number of rotatable bonds is 4. The van der Waals surface area contributed by atoms with Crippen LogP contribution in [0.15, 0.2) is 194 Å². The Morgan fingerprint density at radius 1 is 0.328 bits per heavy atom. The highest BCUT2D eigenvalue weighted by Gasteiger charge is 2.36. The first-order valence-corrected chi connectivity index (χ1v) is 23.5. The molecule has 0 amide bonds. The monoisotopic (exact) mass is 862 g/mol. The number of benzene rings is 10. The minimum Gasteiger partial charge on any atom is -0.341 e. The van der Waals surface area contributed by atoms with Crippen LogP contribution in [0.25, 0.3) is 54.9 Å². The second-order valence-corrected chi connectivity index (χ2v) is 19.2. The predicted molar refractivity (Wildman–Crippen MR) is 285 cm³/mol. The van der Waals surface area contributed by atoms with Crippen molar-refractivity contribution in [2.45, 2.75) is 33.1 Å². The summed E-state index contributed by atoms with van der Waals surface area (Å²) in [6.45, 7) is 9.23. The van der Waals surface area contributed by atoms with E-state index in [9.17, 15) is 0 Å². The van der Waals surface area contributed by atoms with Gasteiger partial charge in [-0.2, -0.15) is 0 Å². The fourth-order valence-electron chi connectivity index (χ4n) is 11.7. The molecular weight excluding hydrogens is 813 g/mol. The van der Waals surface area contributed by atoms with E-state index in [0.29, 0.717) is 0 Å². The molecule has 0 atom stereocenters. The van der Waals surface area contributed by atoms with Gasteiger partial charge in [0.15, 0.2) is 0 Å². The van der Waals surface area contributed by atoms with Crippen molar-refractivity contribution in [1.29, 1.82) is 0 Å². The van der Waals surface area contributed by atoms with E-state index in [4.69, 9.17) is 0 Å². The van der Waals surface area contributed by atoms with E-state index in [2.05, 4.69) is 256 Å². The lowest BCUT2D eigenvalue weighted by atomic mass is 9.80. The van der Waals surface area contributed by atoms with E-state index in [1.54, 1.807) is 0 Å². The molecule has 0 unspecified atom stereocenters. The van der Waals surface area contributed by atoms with Gasteiger partial charge in [-0.3, -0.25) is 0 Å². The van der Waals surface area contributed by atoms with Crippen molar-refractivity contribution >= 4 is 78.4 Å². The third kappa shape index (κ3) is 5.66. The zero-order valence-corrected chi connectivity index (χ0v) is 38.8. The van der Waals surface area contributed by atoms with E-state index in [1.165, 1.54) is 99.9 Å². The average Bonchev–Trinajstić information content (AvgIpc) is 3.59. The number of para-hydroxylation sites is 8. The minimum atomic E-state index is -0.152. The van der Waals surface area contributed by atoms with Crippen LogP contribution in [0.4, 0.5) is 56.9 Å². The van der Waals surface area contributed by atoms with Crippen LogP contribution in [-0.2, 0) is 5.41 Å². The summed E-state index contributed by atoms with van der Waals surface area (Å²) >= 11 is 0. The van der Waals surface area contributed by atoms with Crippen molar-refractivity contribution < 1.29 is 0 Å². The van der Waals surface area contributed by atoms with E-state index in [1.807, 2.05) is 0 Å². The predicted octanol–water partition coefficient (Wildman–Crippen LogP) is 17.4. The van der Waals surface area contributed by atoms with Gasteiger partial charge in [-0.1, -0.05) is 129 Å². The van der Waals surface area contributed by atoms with Crippen LogP contribution in [0.3, 0.4) is 0 Å². The second kappa shape index (κ2) is 14.5. The van der Waals surface area contributed by atoms with Gasteiger partial charge in [-0.25, -0.2) is 0 Å². The fraction of sp³-hybridized carbons (Fsp3) is 0.111. The van der Waals surface area contributed by atoms with Crippen LogP contribution in [0.1, 0.15) is 36.1 Å². The Morgan fingerprint density at radius 3 is 1.21 bits per heavy atom. The minimum absolute atomic E-state index is 0.152. The molecule has 67 heavy (non-hydrogen) atoms. The summed E-state index contributed by atoms with van der Waals surface area (Å²) in [6.07, 6.45) is 0. The van der Waals surface area contributed by atoms with Crippen molar-refractivity contribution in [3.8, 4) is 33.4 Å². The van der Waals surface area contributed by atoms with Gasteiger partial charge in [-0.15, -0.1) is 0 Å². The summed E-state index contributed by atoms with van der Waals surface area (Å²) < 4.78 is 0. The van der Waals surface area contributed by atoms with Crippen LogP contribution in [0.2, 0.25) is 0 Å². The Balaban J connectivity index is 1.14. The van der Waals surface area contributed by atoms with Gasteiger partial charge in [0.2, 0.25) is 0 Å². The molecule has 0 bridgehead atoms. The van der Waals surface area contributed by atoms with Gasteiger partial charge in [0.1, 0.15) is 0 Å². The number of fused-ring (bicyclic) bond motifs is 9. The van der Waals surface area contributed by atoms with Crippen LogP contribution < -0.4 is 19.6 Å². The summed E-state index contributed by atoms with van der Waals surface area (Å²) in [7, 11) is 4.35. The maximum absolute atomic E-state index is 2.51. The highest BCUT2D eigenvalue weighted by Crippen LogP contribution is 2.56. The lowest BCUT2D eigenvalue weighted by Crippen LogP contribution is -2.24. The summed E-state index contributed by atoms with van der Waals surface area (Å²) in [5.74, 6) is 0.